The third-order valence-electron chi connectivity index (χ3n) is 4.18. The number of carbonyl (C=O) groups is 2. The summed E-state index contributed by atoms with van der Waals surface area (Å²) in [6.45, 7) is 3.95. The molecule has 2 amide bonds. The van der Waals surface area contributed by atoms with Crippen molar-refractivity contribution in [2.45, 2.75) is 13.8 Å². The van der Waals surface area contributed by atoms with Crippen LogP contribution in [0.4, 0.5) is 4.39 Å². The standard InChI is InChI=1S/C19H19FN6O2/c1-12-3-4-15(10-16(12)20)19(28)22-8-7-21-18(27)14-5-6-17(13(2)9-14)26-11-23-24-25-26/h3-6,9-11H,7-8H2,1-2H3,(H,21,27)(H,22,28). The van der Waals surface area contributed by atoms with E-state index in [1.54, 1.807) is 37.3 Å². The molecule has 8 nitrogen and oxygen atoms in total. The van der Waals surface area contributed by atoms with E-state index in [0.717, 1.165) is 11.3 Å². The molecule has 0 bridgehead atoms. The third-order valence-corrected chi connectivity index (χ3v) is 4.18. The van der Waals surface area contributed by atoms with Gasteiger partial charge in [0, 0.05) is 24.2 Å². The number of benzene rings is 2. The van der Waals surface area contributed by atoms with Crippen LogP contribution in [0, 0.1) is 19.7 Å². The zero-order chi connectivity index (χ0) is 20.1. The molecule has 28 heavy (non-hydrogen) atoms. The fraction of sp³-hybridized carbons (Fsp3) is 0.211. The molecule has 2 N–H and O–H groups in total. The number of nitrogens with zero attached hydrogens (tertiary/aromatic N) is 4. The van der Waals surface area contributed by atoms with E-state index in [4.69, 9.17) is 0 Å². The zero-order valence-corrected chi connectivity index (χ0v) is 15.4. The number of amides is 2. The second-order valence-corrected chi connectivity index (χ2v) is 6.23. The van der Waals surface area contributed by atoms with E-state index in [1.807, 2.05) is 6.92 Å². The summed E-state index contributed by atoms with van der Waals surface area (Å²) in [6, 6.07) is 9.47. The number of hydrogen-bond donors (Lipinski definition) is 2. The molecule has 144 valence electrons. The highest BCUT2D eigenvalue weighted by atomic mass is 19.1. The van der Waals surface area contributed by atoms with Crippen molar-refractivity contribution in [2.24, 2.45) is 0 Å². The lowest BCUT2D eigenvalue weighted by Gasteiger charge is -2.10. The van der Waals surface area contributed by atoms with Gasteiger partial charge >= 0.3 is 0 Å². The van der Waals surface area contributed by atoms with E-state index in [9.17, 15) is 14.0 Å². The largest absolute Gasteiger partial charge is 0.350 e. The lowest BCUT2D eigenvalue weighted by molar-refractivity contribution is 0.0927. The Kier molecular flexibility index (Phi) is 5.73. The Morgan fingerprint density at radius 1 is 0.964 bits per heavy atom. The summed E-state index contributed by atoms with van der Waals surface area (Å²) in [6.07, 6.45) is 1.48. The summed E-state index contributed by atoms with van der Waals surface area (Å²) in [5.41, 5.74) is 2.82. The Balaban J connectivity index is 1.51. The van der Waals surface area contributed by atoms with E-state index in [-0.39, 0.29) is 24.6 Å². The molecule has 0 spiro atoms. The number of aromatic nitrogens is 4. The van der Waals surface area contributed by atoms with Gasteiger partial charge in [-0.2, -0.15) is 0 Å². The van der Waals surface area contributed by atoms with Crippen molar-refractivity contribution in [1.29, 1.82) is 0 Å². The van der Waals surface area contributed by atoms with Crippen LogP contribution in [0.1, 0.15) is 31.8 Å². The molecule has 0 fully saturated rings. The second-order valence-electron chi connectivity index (χ2n) is 6.23. The van der Waals surface area contributed by atoms with Crippen LogP contribution in [-0.4, -0.2) is 45.1 Å². The minimum absolute atomic E-state index is 0.224. The maximum atomic E-state index is 13.5. The Hall–Kier alpha value is -3.62. The van der Waals surface area contributed by atoms with Gasteiger partial charge in [0.2, 0.25) is 0 Å². The third kappa shape index (κ3) is 4.37. The number of nitrogens with one attached hydrogen (secondary N) is 2. The lowest BCUT2D eigenvalue weighted by Crippen LogP contribution is -2.34. The van der Waals surface area contributed by atoms with Crippen molar-refractivity contribution in [2.75, 3.05) is 13.1 Å². The molecule has 1 heterocycles. The van der Waals surface area contributed by atoms with Gasteiger partial charge in [-0.1, -0.05) is 6.07 Å². The first-order chi connectivity index (χ1) is 13.5. The van der Waals surface area contributed by atoms with E-state index >= 15 is 0 Å². The number of rotatable bonds is 6. The summed E-state index contributed by atoms with van der Waals surface area (Å²) in [5, 5.41) is 16.4. The highest BCUT2D eigenvalue weighted by molar-refractivity contribution is 5.95. The second kappa shape index (κ2) is 8.38. The van der Waals surface area contributed by atoms with Crippen LogP contribution in [0.3, 0.4) is 0 Å². The molecular formula is C19H19FN6O2. The van der Waals surface area contributed by atoms with Gasteiger partial charge in [-0.3, -0.25) is 9.59 Å². The van der Waals surface area contributed by atoms with Crippen LogP contribution < -0.4 is 10.6 Å². The normalized spacial score (nSPS) is 10.5. The maximum Gasteiger partial charge on any atom is 0.251 e. The number of hydrogen-bond acceptors (Lipinski definition) is 5. The van der Waals surface area contributed by atoms with Crippen molar-refractivity contribution >= 4 is 11.8 Å². The zero-order valence-electron chi connectivity index (χ0n) is 15.4. The van der Waals surface area contributed by atoms with Gasteiger partial charge in [-0.05, 0) is 65.7 Å². The molecule has 9 heteroatoms. The first kappa shape index (κ1) is 19.2. The summed E-state index contributed by atoms with van der Waals surface area (Å²) in [7, 11) is 0. The molecular weight excluding hydrogens is 363 g/mol. The predicted molar refractivity (Wildman–Crippen MR) is 99.7 cm³/mol. The summed E-state index contributed by atoms with van der Waals surface area (Å²) in [4.78, 5) is 24.3. The van der Waals surface area contributed by atoms with E-state index in [1.165, 1.54) is 17.1 Å². The fourth-order valence-electron chi connectivity index (χ4n) is 2.62. The van der Waals surface area contributed by atoms with Crippen LogP contribution in [-0.2, 0) is 0 Å². The Morgan fingerprint density at radius 3 is 2.18 bits per heavy atom. The number of tetrazole rings is 1. The van der Waals surface area contributed by atoms with Crippen molar-refractivity contribution in [3.63, 3.8) is 0 Å². The first-order valence-electron chi connectivity index (χ1n) is 8.62. The van der Waals surface area contributed by atoms with Gasteiger partial charge in [0.25, 0.3) is 11.8 Å². The lowest BCUT2D eigenvalue weighted by atomic mass is 10.1. The fourth-order valence-corrected chi connectivity index (χ4v) is 2.62. The van der Waals surface area contributed by atoms with E-state index < -0.39 is 11.7 Å². The van der Waals surface area contributed by atoms with Crippen molar-refractivity contribution < 1.29 is 14.0 Å². The van der Waals surface area contributed by atoms with Gasteiger partial charge in [-0.25, -0.2) is 9.07 Å². The molecule has 0 atom stereocenters. The molecule has 1 aromatic heterocycles. The predicted octanol–water partition coefficient (Wildman–Crippen LogP) is 1.58. The molecule has 0 saturated heterocycles. The maximum absolute atomic E-state index is 13.5. The molecule has 0 unspecified atom stereocenters. The van der Waals surface area contributed by atoms with E-state index in [2.05, 4.69) is 26.2 Å². The first-order valence-corrected chi connectivity index (χ1v) is 8.62. The van der Waals surface area contributed by atoms with Crippen LogP contribution in [0.5, 0.6) is 0 Å². The van der Waals surface area contributed by atoms with Gasteiger partial charge in [0.15, 0.2) is 0 Å². The quantitative estimate of drug-likeness (QED) is 0.630. The molecule has 0 aliphatic carbocycles. The van der Waals surface area contributed by atoms with Crippen molar-refractivity contribution in [3.8, 4) is 5.69 Å². The Bertz CT molecular complexity index is 1000. The minimum atomic E-state index is -0.429. The average molecular weight is 382 g/mol. The molecule has 2 aromatic carbocycles. The van der Waals surface area contributed by atoms with Crippen LogP contribution in [0.15, 0.2) is 42.7 Å². The SMILES string of the molecule is Cc1ccc(C(=O)NCCNC(=O)c2ccc(-n3cnnn3)c(C)c2)cc1F. The monoisotopic (exact) mass is 382 g/mol. The smallest absolute Gasteiger partial charge is 0.251 e. The van der Waals surface area contributed by atoms with Crippen LogP contribution >= 0.6 is 0 Å². The average Bonchev–Trinajstić information content (AvgIpc) is 3.21. The molecule has 0 aliphatic heterocycles. The van der Waals surface area contributed by atoms with Gasteiger partial charge in [-0.15, -0.1) is 5.10 Å². The Morgan fingerprint density at radius 2 is 1.61 bits per heavy atom. The number of halogens is 1. The Labute approximate surface area is 160 Å². The van der Waals surface area contributed by atoms with Crippen LogP contribution in [0.2, 0.25) is 0 Å². The van der Waals surface area contributed by atoms with E-state index in [0.29, 0.717) is 11.1 Å². The van der Waals surface area contributed by atoms with Gasteiger partial charge in [0.05, 0.1) is 5.69 Å². The molecule has 0 aliphatic rings. The highest BCUT2D eigenvalue weighted by Crippen LogP contribution is 2.14. The van der Waals surface area contributed by atoms with Crippen LogP contribution in [0.25, 0.3) is 5.69 Å². The minimum Gasteiger partial charge on any atom is -0.350 e. The summed E-state index contributed by atoms with van der Waals surface area (Å²) < 4.78 is 15.0. The molecule has 0 saturated carbocycles. The van der Waals surface area contributed by atoms with Gasteiger partial charge in [0.1, 0.15) is 12.1 Å². The number of carbonyl (C=O) groups excluding carboxylic acids is 2. The molecule has 3 aromatic rings. The highest BCUT2D eigenvalue weighted by Gasteiger charge is 2.10. The summed E-state index contributed by atoms with van der Waals surface area (Å²) in [5.74, 6) is -1.08. The molecule has 3 rings (SSSR count). The summed E-state index contributed by atoms with van der Waals surface area (Å²) >= 11 is 0. The number of aryl methyl sites for hydroxylation is 2. The van der Waals surface area contributed by atoms with Gasteiger partial charge < -0.3 is 10.6 Å². The van der Waals surface area contributed by atoms with Crippen molar-refractivity contribution in [1.82, 2.24) is 30.8 Å². The topological polar surface area (TPSA) is 102 Å². The van der Waals surface area contributed by atoms with Crippen molar-refractivity contribution in [3.05, 3.63) is 70.8 Å². The molecule has 0 radical (unpaired) electrons.